The first kappa shape index (κ1) is 19.6. The summed E-state index contributed by atoms with van der Waals surface area (Å²) < 4.78 is 18.4. The lowest BCUT2D eigenvalue weighted by molar-refractivity contribution is -0.135. The van der Waals surface area contributed by atoms with Crippen molar-refractivity contribution in [3.8, 4) is 0 Å². The molecule has 1 aromatic heterocycles. The number of fused-ring (bicyclic) bond motifs is 7. The molecule has 1 saturated heterocycles. The van der Waals surface area contributed by atoms with Crippen molar-refractivity contribution < 1.29 is 23.8 Å². The van der Waals surface area contributed by atoms with Gasteiger partial charge < -0.3 is 18.8 Å². The van der Waals surface area contributed by atoms with E-state index < -0.39 is 6.16 Å². The summed E-state index contributed by atoms with van der Waals surface area (Å²) in [6, 6.07) is 8.70. The molecule has 4 aliphatic rings. The van der Waals surface area contributed by atoms with Crippen LogP contribution in [0.5, 0.6) is 0 Å². The van der Waals surface area contributed by atoms with Gasteiger partial charge in [0.2, 0.25) is 0 Å². The number of benzene rings is 1. The average Bonchev–Trinajstić information content (AvgIpc) is 3.33. The van der Waals surface area contributed by atoms with Gasteiger partial charge in [0.25, 0.3) is 0 Å². The number of esters is 1. The quantitative estimate of drug-likeness (QED) is 0.591. The topological polar surface area (TPSA) is 66.8 Å². The molecule has 0 bridgehead atoms. The van der Waals surface area contributed by atoms with Crippen molar-refractivity contribution in [3.05, 3.63) is 52.7 Å². The number of methoxy groups -OCH3 is 1. The minimum atomic E-state index is -0.600. The number of rotatable bonds is 2. The van der Waals surface area contributed by atoms with Crippen molar-refractivity contribution in [2.45, 2.75) is 69.0 Å². The smallest absolute Gasteiger partial charge is 0.465 e. The highest BCUT2D eigenvalue weighted by molar-refractivity contribution is 5.97. The van der Waals surface area contributed by atoms with E-state index in [2.05, 4.69) is 28.8 Å². The van der Waals surface area contributed by atoms with Crippen molar-refractivity contribution in [1.82, 2.24) is 4.57 Å². The molecule has 6 heteroatoms. The van der Waals surface area contributed by atoms with Gasteiger partial charge in [-0.05, 0) is 49.3 Å². The summed E-state index contributed by atoms with van der Waals surface area (Å²) in [6.45, 7) is 0. The number of para-hydroxylation sites is 1. The normalized spacial score (nSPS) is 27.3. The Bertz CT molecular complexity index is 1170. The molecule has 0 amide bonds. The van der Waals surface area contributed by atoms with Crippen LogP contribution in [0.4, 0.5) is 4.79 Å². The fraction of sp³-hybridized carbons (Fsp3) is 0.462. The number of carbonyl (C=O) groups is 2. The highest BCUT2D eigenvalue weighted by Gasteiger charge is 2.48. The Hall–Kier alpha value is -3.02. The molecular weight excluding hydrogens is 406 g/mol. The van der Waals surface area contributed by atoms with Gasteiger partial charge in [-0.15, -0.1) is 0 Å². The van der Waals surface area contributed by atoms with E-state index in [0.29, 0.717) is 17.9 Å². The first-order valence-electron chi connectivity index (χ1n) is 11.7. The fourth-order valence-corrected chi connectivity index (χ4v) is 6.17. The van der Waals surface area contributed by atoms with Crippen molar-refractivity contribution in [3.63, 3.8) is 0 Å². The van der Waals surface area contributed by atoms with Gasteiger partial charge >= 0.3 is 12.1 Å². The van der Waals surface area contributed by atoms with Gasteiger partial charge in [-0.25, -0.2) is 9.59 Å². The van der Waals surface area contributed by atoms with Crippen molar-refractivity contribution in [2.75, 3.05) is 7.11 Å². The zero-order chi connectivity index (χ0) is 21.8. The van der Waals surface area contributed by atoms with Crippen LogP contribution in [-0.4, -0.2) is 36.0 Å². The molecule has 2 aliphatic heterocycles. The Balaban J connectivity index is 1.58. The molecular formula is C26H27NO5. The van der Waals surface area contributed by atoms with E-state index in [0.717, 1.165) is 28.6 Å². The number of carbonyl (C=O) groups excluding carboxylic acids is 2. The Morgan fingerprint density at radius 3 is 2.78 bits per heavy atom. The molecule has 32 heavy (non-hydrogen) atoms. The second-order valence-electron chi connectivity index (χ2n) is 9.36. The summed E-state index contributed by atoms with van der Waals surface area (Å²) in [4.78, 5) is 24.6. The van der Waals surface area contributed by atoms with E-state index in [9.17, 15) is 9.59 Å². The Morgan fingerprint density at radius 2 is 1.97 bits per heavy atom. The van der Waals surface area contributed by atoms with E-state index in [1.165, 1.54) is 44.8 Å². The maximum atomic E-state index is 12.7. The lowest BCUT2D eigenvalue weighted by Gasteiger charge is -2.32. The lowest BCUT2D eigenvalue weighted by Crippen LogP contribution is -2.35. The molecule has 3 fully saturated rings. The molecule has 6 rings (SSSR count). The molecule has 2 aromatic rings. The van der Waals surface area contributed by atoms with Crippen LogP contribution in [0.25, 0.3) is 17.1 Å². The summed E-state index contributed by atoms with van der Waals surface area (Å²) in [5, 5.41) is 1.15. The second kappa shape index (κ2) is 7.54. The molecule has 2 saturated carbocycles. The maximum absolute atomic E-state index is 12.7. The monoisotopic (exact) mass is 433 g/mol. The molecule has 1 aromatic carbocycles. The average molecular weight is 434 g/mol. The third-order valence-electron chi connectivity index (χ3n) is 7.61. The van der Waals surface area contributed by atoms with Crippen LogP contribution in [0.15, 0.2) is 41.5 Å². The van der Waals surface area contributed by atoms with Gasteiger partial charge in [-0.2, -0.15) is 0 Å². The summed E-state index contributed by atoms with van der Waals surface area (Å²) in [5.74, 6) is 0.0111. The van der Waals surface area contributed by atoms with Crippen molar-refractivity contribution in [1.29, 1.82) is 0 Å². The van der Waals surface area contributed by atoms with Gasteiger partial charge in [-0.1, -0.05) is 43.0 Å². The minimum absolute atomic E-state index is 0.148. The molecule has 3 unspecified atom stereocenters. The zero-order valence-electron chi connectivity index (χ0n) is 18.2. The second-order valence-corrected chi connectivity index (χ2v) is 9.36. The zero-order valence-corrected chi connectivity index (χ0v) is 18.2. The molecule has 166 valence electrons. The van der Waals surface area contributed by atoms with Crippen LogP contribution in [0.1, 0.15) is 68.0 Å². The number of hydrogen-bond donors (Lipinski definition) is 0. The molecule has 0 spiro atoms. The van der Waals surface area contributed by atoms with Crippen LogP contribution in [-0.2, 0) is 19.0 Å². The third-order valence-corrected chi connectivity index (χ3v) is 7.61. The van der Waals surface area contributed by atoms with Crippen LogP contribution >= 0.6 is 0 Å². The van der Waals surface area contributed by atoms with E-state index >= 15 is 0 Å². The van der Waals surface area contributed by atoms with Crippen LogP contribution in [0, 0.1) is 0 Å². The Kier molecular flexibility index (Phi) is 4.63. The first-order valence-corrected chi connectivity index (χ1v) is 11.7. The predicted molar refractivity (Wildman–Crippen MR) is 119 cm³/mol. The molecule has 2 aliphatic carbocycles. The Labute approximate surface area is 186 Å². The van der Waals surface area contributed by atoms with Gasteiger partial charge in [0, 0.05) is 17.3 Å². The summed E-state index contributed by atoms with van der Waals surface area (Å²) >= 11 is 0. The first-order chi connectivity index (χ1) is 15.6. The number of aromatic nitrogens is 1. The fourth-order valence-electron chi connectivity index (χ4n) is 6.17. The highest BCUT2D eigenvalue weighted by atomic mass is 16.8. The SMILES string of the molecule is COC(=O)C1=Cn2c(cc3cccc(C4CCCCC4)c32)C2C(=C1)CCC1OC(=O)OC12. The van der Waals surface area contributed by atoms with Gasteiger partial charge in [-0.3, -0.25) is 0 Å². The summed E-state index contributed by atoms with van der Waals surface area (Å²) in [5.41, 5.74) is 5.14. The largest absolute Gasteiger partial charge is 0.509 e. The van der Waals surface area contributed by atoms with Gasteiger partial charge in [0.15, 0.2) is 6.10 Å². The van der Waals surface area contributed by atoms with Gasteiger partial charge in [0.05, 0.1) is 24.1 Å². The molecule has 0 radical (unpaired) electrons. The molecule has 3 atom stereocenters. The maximum Gasteiger partial charge on any atom is 0.509 e. The minimum Gasteiger partial charge on any atom is -0.465 e. The van der Waals surface area contributed by atoms with Crippen LogP contribution < -0.4 is 0 Å². The van der Waals surface area contributed by atoms with Gasteiger partial charge in [0.1, 0.15) is 6.10 Å². The van der Waals surface area contributed by atoms with Crippen molar-refractivity contribution in [2.24, 2.45) is 0 Å². The highest BCUT2D eigenvalue weighted by Crippen LogP contribution is 2.47. The standard InChI is InChI=1S/C26H27NO5/c1-30-25(28)18-12-16-10-11-21-24(32-26(29)31-21)22(16)20-13-17-8-5-9-19(23(17)27(20)14-18)15-6-3-2-4-7-15/h5,8-9,12-15,21-22,24H,2-4,6-7,10-11H2,1H3. The van der Waals surface area contributed by atoms with Crippen LogP contribution in [0.3, 0.4) is 0 Å². The van der Waals surface area contributed by atoms with E-state index in [-0.39, 0.29) is 24.1 Å². The lowest BCUT2D eigenvalue weighted by atomic mass is 9.78. The molecule has 3 heterocycles. The Morgan fingerprint density at radius 1 is 1.12 bits per heavy atom. The number of hydrogen-bond acceptors (Lipinski definition) is 5. The predicted octanol–water partition coefficient (Wildman–Crippen LogP) is 5.42. The number of ether oxygens (including phenoxy) is 3. The summed E-state index contributed by atoms with van der Waals surface area (Å²) in [6.07, 6.45) is 10.2. The van der Waals surface area contributed by atoms with Crippen molar-refractivity contribution >= 4 is 29.2 Å². The molecule has 0 N–H and O–H groups in total. The van der Waals surface area contributed by atoms with E-state index in [1.807, 2.05) is 12.3 Å². The third kappa shape index (κ3) is 2.99. The van der Waals surface area contributed by atoms with E-state index in [4.69, 9.17) is 14.2 Å². The van der Waals surface area contributed by atoms with E-state index in [1.54, 1.807) is 0 Å². The van der Waals surface area contributed by atoms with Crippen LogP contribution in [0.2, 0.25) is 0 Å². The summed E-state index contributed by atoms with van der Waals surface area (Å²) in [7, 11) is 1.41. The number of nitrogens with zero attached hydrogens (tertiary/aromatic N) is 1. The molecule has 6 nitrogen and oxygen atoms in total.